The van der Waals surface area contributed by atoms with Gasteiger partial charge in [-0.15, -0.1) is 4.24 Å². The number of nitriles is 1. The van der Waals surface area contributed by atoms with Crippen molar-refractivity contribution in [3.05, 3.63) is 9.81 Å². The average molecular weight is 225 g/mol. The van der Waals surface area contributed by atoms with Crippen LogP contribution in [0.2, 0.25) is 0 Å². The van der Waals surface area contributed by atoms with Gasteiger partial charge in [0.05, 0.1) is 6.61 Å². The molecular weight excluding hydrogens is 217 g/mol. The Morgan fingerprint density at radius 1 is 1.69 bits per heavy atom. The standard InChI is InChI=1S/C7H9NO2S2.Na/c1-3-10-6(9)5(4-8)7(11)12-2;/h11H,3H2,1-2H3;/q;+1/p-1/b7-5-;. The van der Waals surface area contributed by atoms with Crippen molar-refractivity contribution in [2.45, 2.75) is 6.92 Å². The van der Waals surface area contributed by atoms with Crippen LogP contribution < -0.4 is 29.6 Å². The van der Waals surface area contributed by atoms with E-state index in [1.165, 1.54) is 11.8 Å². The molecule has 0 saturated carbocycles. The van der Waals surface area contributed by atoms with E-state index < -0.39 is 5.97 Å². The average Bonchev–Trinajstić information content (AvgIpc) is 2.06. The van der Waals surface area contributed by atoms with Gasteiger partial charge in [-0.2, -0.15) is 17.0 Å². The van der Waals surface area contributed by atoms with Gasteiger partial charge < -0.3 is 17.4 Å². The molecule has 0 fully saturated rings. The number of carbonyl (C=O) groups excluding carboxylic acids is 1. The predicted molar refractivity (Wildman–Crippen MR) is 50.2 cm³/mol. The monoisotopic (exact) mass is 225 g/mol. The molecule has 0 rings (SSSR count). The molecule has 0 unspecified atom stereocenters. The minimum Gasteiger partial charge on any atom is -0.772 e. The second kappa shape index (κ2) is 8.85. The number of carbonyl (C=O) groups is 1. The minimum absolute atomic E-state index is 0. The normalized spacial score (nSPS) is 10.5. The minimum atomic E-state index is -0.639. The SMILES string of the molecule is CCOC(=O)/C(C#N)=C(/[S-])SC.[Na+]. The van der Waals surface area contributed by atoms with Gasteiger partial charge in [0.15, 0.2) is 0 Å². The van der Waals surface area contributed by atoms with Crippen molar-refractivity contribution in [1.29, 1.82) is 5.26 Å². The molecule has 0 aliphatic rings. The molecule has 0 aromatic rings. The largest absolute Gasteiger partial charge is 1.00 e. The summed E-state index contributed by atoms with van der Waals surface area (Å²) in [6, 6.07) is 1.72. The van der Waals surface area contributed by atoms with Crippen LogP contribution in [0.5, 0.6) is 0 Å². The molecule has 6 heteroatoms. The van der Waals surface area contributed by atoms with E-state index in [0.717, 1.165) is 0 Å². The fourth-order valence-corrected chi connectivity index (χ4v) is 0.942. The van der Waals surface area contributed by atoms with Crippen LogP contribution in [0.1, 0.15) is 6.92 Å². The number of rotatable bonds is 3. The van der Waals surface area contributed by atoms with E-state index in [1.807, 2.05) is 0 Å². The van der Waals surface area contributed by atoms with Crippen LogP contribution in [-0.2, 0) is 22.2 Å². The molecule has 0 saturated heterocycles. The quantitative estimate of drug-likeness (QED) is 0.186. The Labute approximate surface area is 110 Å². The predicted octanol–water partition coefficient (Wildman–Crippen LogP) is -1.80. The summed E-state index contributed by atoms with van der Waals surface area (Å²) in [6.45, 7) is 1.93. The van der Waals surface area contributed by atoms with Gasteiger partial charge in [0.25, 0.3) is 0 Å². The summed E-state index contributed by atoms with van der Waals surface area (Å²) in [5, 5.41) is 8.54. The van der Waals surface area contributed by atoms with Gasteiger partial charge in [0.1, 0.15) is 11.6 Å². The van der Waals surface area contributed by atoms with Gasteiger partial charge in [0, 0.05) is 0 Å². The first-order chi connectivity index (χ1) is 5.67. The molecule has 13 heavy (non-hydrogen) atoms. The zero-order chi connectivity index (χ0) is 9.56. The number of ether oxygens (including phenoxy) is 1. The van der Waals surface area contributed by atoms with Crippen LogP contribution >= 0.6 is 11.8 Å². The Balaban J connectivity index is 0. The first-order valence-electron chi connectivity index (χ1n) is 3.19. The summed E-state index contributed by atoms with van der Waals surface area (Å²) >= 11 is 5.95. The number of hydrogen-bond acceptors (Lipinski definition) is 5. The molecule has 0 aliphatic heterocycles. The second-order valence-corrected chi connectivity index (χ2v) is 3.18. The molecule has 0 radical (unpaired) electrons. The van der Waals surface area contributed by atoms with Crippen LogP contribution in [-0.4, -0.2) is 18.8 Å². The summed E-state index contributed by atoms with van der Waals surface area (Å²) in [5.41, 5.74) is -0.0839. The molecule has 0 heterocycles. The molecule has 0 amide bonds. The van der Waals surface area contributed by atoms with Crippen molar-refractivity contribution < 1.29 is 39.1 Å². The van der Waals surface area contributed by atoms with Crippen LogP contribution in [0.3, 0.4) is 0 Å². The third-order valence-corrected chi connectivity index (χ3v) is 2.26. The van der Waals surface area contributed by atoms with Gasteiger partial charge in [0.2, 0.25) is 0 Å². The molecule has 0 aliphatic carbocycles. The van der Waals surface area contributed by atoms with Gasteiger partial charge in [-0.3, -0.25) is 0 Å². The van der Waals surface area contributed by atoms with Gasteiger partial charge >= 0.3 is 35.5 Å². The fourth-order valence-electron chi connectivity index (χ4n) is 0.480. The van der Waals surface area contributed by atoms with Crippen molar-refractivity contribution in [2.75, 3.05) is 12.9 Å². The van der Waals surface area contributed by atoms with E-state index >= 15 is 0 Å². The van der Waals surface area contributed by atoms with Crippen LogP contribution in [0.4, 0.5) is 0 Å². The smallest absolute Gasteiger partial charge is 0.772 e. The number of nitrogens with zero attached hydrogens (tertiary/aromatic N) is 1. The Bertz CT molecular complexity index is 247. The Kier molecular flexibility index (Phi) is 10.7. The fraction of sp³-hybridized carbons (Fsp3) is 0.429. The Hall–Kier alpha value is 0.270. The summed E-state index contributed by atoms with van der Waals surface area (Å²) in [7, 11) is 0. The summed E-state index contributed by atoms with van der Waals surface area (Å²) in [5.74, 6) is -0.639. The zero-order valence-corrected chi connectivity index (χ0v) is 11.4. The van der Waals surface area contributed by atoms with E-state index in [1.54, 1.807) is 19.2 Å². The van der Waals surface area contributed by atoms with E-state index in [-0.39, 0.29) is 46.0 Å². The summed E-state index contributed by atoms with van der Waals surface area (Å²) in [6.07, 6.45) is 1.71. The van der Waals surface area contributed by atoms with Crippen LogP contribution in [0.15, 0.2) is 9.81 Å². The van der Waals surface area contributed by atoms with Crippen molar-refractivity contribution in [3.8, 4) is 6.07 Å². The van der Waals surface area contributed by atoms with Gasteiger partial charge in [-0.05, 0) is 13.2 Å². The Morgan fingerprint density at radius 3 is 2.54 bits per heavy atom. The molecule has 0 atom stereocenters. The first kappa shape index (κ1) is 15.7. The molecule has 0 spiro atoms. The number of hydrogen-bond donors (Lipinski definition) is 0. The molecule has 3 nitrogen and oxygen atoms in total. The number of esters is 1. The van der Waals surface area contributed by atoms with Crippen molar-refractivity contribution in [1.82, 2.24) is 0 Å². The zero-order valence-electron chi connectivity index (χ0n) is 7.79. The van der Waals surface area contributed by atoms with Gasteiger partial charge in [-0.1, -0.05) is 0 Å². The van der Waals surface area contributed by atoms with Crippen LogP contribution in [0, 0.1) is 11.3 Å². The second-order valence-electron chi connectivity index (χ2n) is 1.70. The molecule has 0 aromatic heterocycles. The molecule has 0 N–H and O–H groups in total. The van der Waals surface area contributed by atoms with Crippen molar-refractivity contribution in [2.24, 2.45) is 0 Å². The van der Waals surface area contributed by atoms with Gasteiger partial charge in [-0.25, -0.2) is 4.79 Å². The maximum absolute atomic E-state index is 11.0. The maximum Gasteiger partial charge on any atom is 1.00 e. The molecular formula is C7H8NNaO2S2. The molecule has 66 valence electrons. The first-order valence-corrected chi connectivity index (χ1v) is 4.83. The topological polar surface area (TPSA) is 50.1 Å². The van der Waals surface area contributed by atoms with E-state index in [2.05, 4.69) is 4.74 Å². The number of thioether (sulfide) groups is 1. The summed E-state index contributed by atoms with van der Waals surface area (Å²) in [4.78, 5) is 11.0. The third kappa shape index (κ3) is 5.55. The third-order valence-electron chi connectivity index (χ3n) is 0.981. The van der Waals surface area contributed by atoms with E-state index in [9.17, 15) is 4.79 Å². The van der Waals surface area contributed by atoms with E-state index in [4.69, 9.17) is 17.9 Å². The molecule has 0 bridgehead atoms. The summed E-state index contributed by atoms with van der Waals surface area (Å²) < 4.78 is 4.89. The van der Waals surface area contributed by atoms with Crippen molar-refractivity contribution in [3.63, 3.8) is 0 Å². The van der Waals surface area contributed by atoms with E-state index in [0.29, 0.717) is 0 Å². The Morgan fingerprint density at radius 2 is 2.23 bits per heavy atom. The molecule has 0 aromatic carbocycles. The van der Waals surface area contributed by atoms with Crippen LogP contribution in [0.25, 0.3) is 0 Å². The van der Waals surface area contributed by atoms with Crippen molar-refractivity contribution >= 4 is 30.4 Å². The maximum atomic E-state index is 11.0.